The normalized spacial score (nSPS) is 19.9. The fraction of sp³-hybridized carbons (Fsp3) is 0.478. The number of benzene rings is 1. The van der Waals surface area contributed by atoms with Gasteiger partial charge in [-0.25, -0.2) is 4.79 Å². The van der Waals surface area contributed by atoms with Gasteiger partial charge in [0.05, 0.1) is 7.11 Å². The number of hydrogen-bond acceptors (Lipinski definition) is 4. The number of aromatic nitrogens is 1. The summed E-state index contributed by atoms with van der Waals surface area (Å²) < 4.78 is 10.9. The first-order valence-corrected chi connectivity index (χ1v) is 10.2. The molecule has 148 valence electrons. The number of H-pyrrole nitrogens is 1. The SMILES string of the molecule is COc1ccc([C@H]2CC(=O)c3c([nH]c(C(=O)OC4CCCCC4)c3C)C2)cc1. The predicted molar refractivity (Wildman–Crippen MR) is 106 cm³/mol. The zero-order chi connectivity index (χ0) is 19.7. The van der Waals surface area contributed by atoms with E-state index in [0.29, 0.717) is 24.1 Å². The molecule has 1 fully saturated rings. The van der Waals surface area contributed by atoms with Crippen LogP contribution >= 0.6 is 0 Å². The van der Waals surface area contributed by atoms with Crippen molar-refractivity contribution >= 4 is 11.8 Å². The zero-order valence-corrected chi connectivity index (χ0v) is 16.5. The molecular formula is C23H27NO4. The molecule has 1 aromatic carbocycles. The number of esters is 1. The van der Waals surface area contributed by atoms with Gasteiger partial charge in [-0.1, -0.05) is 18.6 Å². The van der Waals surface area contributed by atoms with Crippen LogP contribution in [0.15, 0.2) is 24.3 Å². The summed E-state index contributed by atoms with van der Waals surface area (Å²) in [6, 6.07) is 7.86. The maximum Gasteiger partial charge on any atom is 0.355 e. The van der Waals surface area contributed by atoms with Crippen LogP contribution in [0.3, 0.4) is 0 Å². The van der Waals surface area contributed by atoms with Crippen LogP contribution in [0.2, 0.25) is 0 Å². The second kappa shape index (κ2) is 7.82. The number of rotatable bonds is 4. The number of Topliss-reactive ketones (excluding diaryl/α,β-unsaturated/α-hetero) is 1. The van der Waals surface area contributed by atoms with Crippen molar-refractivity contribution in [2.45, 2.75) is 63.9 Å². The molecule has 0 saturated heterocycles. The van der Waals surface area contributed by atoms with Crippen molar-refractivity contribution in [3.05, 3.63) is 52.3 Å². The summed E-state index contributed by atoms with van der Waals surface area (Å²) in [5.41, 5.74) is 3.82. The smallest absolute Gasteiger partial charge is 0.355 e. The summed E-state index contributed by atoms with van der Waals surface area (Å²) in [5, 5.41) is 0. The molecule has 2 aliphatic rings. The number of carbonyl (C=O) groups is 2. The molecule has 2 aliphatic carbocycles. The van der Waals surface area contributed by atoms with Gasteiger partial charge in [-0.05, 0) is 68.2 Å². The average Bonchev–Trinajstić information content (AvgIpc) is 3.06. The Bertz CT molecular complexity index is 875. The van der Waals surface area contributed by atoms with Crippen LogP contribution in [0.5, 0.6) is 5.75 Å². The van der Waals surface area contributed by atoms with Crippen LogP contribution in [0.4, 0.5) is 0 Å². The molecule has 1 N–H and O–H groups in total. The van der Waals surface area contributed by atoms with E-state index in [0.717, 1.165) is 48.3 Å². The molecule has 28 heavy (non-hydrogen) atoms. The molecule has 4 rings (SSSR count). The summed E-state index contributed by atoms with van der Waals surface area (Å²) in [5.74, 6) is 0.668. The quantitative estimate of drug-likeness (QED) is 0.777. The first-order chi connectivity index (χ1) is 13.6. The van der Waals surface area contributed by atoms with Crippen molar-refractivity contribution < 1.29 is 19.1 Å². The maximum atomic E-state index is 12.8. The van der Waals surface area contributed by atoms with Gasteiger partial charge in [0.15, 0.2) is 5.78 Å². The summed E-state index contributed by atoms with van der Waals surface area (Å²) in [6.07, 6.45) is 6.47. The third-order valence-electron chi connectivity index (χ3n) is 6.11. The number of methoxy groups -OCH3 is 1. The Kier molecular flexibility index (Phi) is 5.25. The molecule has 0 unspecified atom stereocenters. The summed E-state index contributed by atoms with van der Waals surface area (Å²) in [6.45, 7) is 1.85. The van der Waals surface area contributed by atoms with Crippen LogP contribution in [-0.4, -0.2) is 30.0 Å². The van der Waals surface area contributed by atoms with E-state index in [1.54, 1.807) is 7.11 Å². The van der Waals surface area contributed by atoms with Crippen LogP contribution in [0.25, 0.3) is 0 Å². The van der Waals surface area contributed by atoms with E-state index >= 15 is 0 Å². The Labute approximate surface area is 165 Å². The lowest BCUT2D eigenvalue weighted by Crippen LogP contribution is -2.21. The van der Waals surface area contributed by atoms with Crippen molar-refractivity contribution in [3.8, 4) is 5.75 Å². The molecule has 1 aromatic heterocycles. The van der Waals surface area contributed by atoms with Crippen molar-refractivity contribution in [1.82, 2.24) is 4.98 Å². The summed E-state index contributed by atoms with van der Waals surface area (Å²) in [7, 11) is 1.64. The largest absolute Gasteiger partial charge is 0.497 e. The number of ketones is 1. The average molecular weight is 381 g/mol. The van der Waals surface area contributed by atoms with Crippen LogP contribution in [0, 0.1) is 6.92 Å². The van der Waals surface area contributed by atoms with Gasteiger partial charge in [-0.3, -0.25) is 4.79 Å². The topological polar surface area (TPSA) is 68.4 Å². The Morgan fingerprint density at radius 2 is 1.79 bits per heavy atom. The number of nitrogens with one attached hydrogen (secondary N) is 1. The highest BCUT2D eigenvalue weighted by atomic mass is 16.5. The minimum atomic E-state index is -0.326. The van der Waals surface area contributed by atoms with E-state index in [-0.39, 0.29) is 23.8 Å². The molecular weight excluding hydrogens is 354 g/mol. The third-order valence-corrected chi connectivity index (χ3v) is 6.11. The minimum Gasteiger partial charge on any atom is -0.497 e. The van der Waals surface area contributed by atoms with Gasteiger partial charge in [0.2, 0.25) is 0 Å². The van der Waals surface area contributed by atoms with Gasteiger partial charge in [0, 0.05) is 17.7 Å². The summed E-state index contributed by atoms with van der Waals surface area (Å²) in [4.78, 5) is 28.8. The highest BCUT2D eigenvalue weighted by molar-refractivity contribution is 6.03. The maximum absolute atomic E-state index is 12.8. The number of aromatic amines is 1. The lowest BCUT2D eigenvalue weighted by molar-refractivity contribution is 0.0204. The van der Waals surface area contributed by atoms with Crippen LogP contribution in [0.1, 0.15) is 82.1 Å². The second-order valence-corrected chi connectivity index (χ2v) is 7.95. The van der Waals surface area contributed by atoms with Crippen LogP contribution < -0.4 is 4.74 Å². The minimum absolute atomic E-state index is 0.00345. The van der Waals surface area contributed by atoms with Gasteiger partial charge >= 0.3 is 5.97 Å². The molecule has 0 amide bonds. The molecule has 2 aromatic rings. The molecule has 0 radical (unpaired) electrons. The first-order valence-electron chi connectivity index (χ1n) is 10.2. The van der Waals surface area contributed by atoms with E-state index in [2.05, 4.69) is 4.98 Å². The number of hydrogen-bond donors (Lipinski definition) is 1. The molecule has 1 saturated carbocycles. The molecule has 5 heteroatoms. The van der Waals surface area contributed by atoms with E-state index in [1.807, 2.05) is 31.2 Å². The Morgan fingerprint density at radius 1 is 1.07 bits per heavy atom. The molecule has 1 heterocycles. The highest BCUT2D eigenvalue weighted by Gasteiger charge is 2.33. The highest BCUT2D eigenvalue weighted by Crippen LogP contribution is 2.36. The van der Waals surface area contributed by atoms with Gasteiger partial charge in [-0.2, -0.15) is 0 Å². The Morgan fingerprint density at radius 3 is 2.46 bits per heavy atom. The standard InChI is InChI=1S/C23H27NO4/c1-14-21-19(24-22(14)23(26)28-18-6-4-3-5-7-18)12-16(13-20(21)25)15-8-10-17(27-2)11-9-15/h8-11,16,18,24H,3-7,12-13H2,1-2H3/t16-/m1/s1. The van der Waals surface area contributed by atoms with Crippen molar-refractivity contribution in [2.75, 3.05) is 7.11 Å². The number of fused-ring (bicyclic) bond motifs is 1. The van der Waals surface area contributed by atoms with Crippen molar-refractivity contribution in [1.29, 1.82) is 0 Å². The fourth-order valence-corrected chi connectivity index (χ4v) is 4.54. The number of ether oxygens (including phenoxy) is 2. The monoisotopic (exact) mass is 381 g/mol. The molecule has 0 spiro atoms. The van der Waals surface area contributed by atoms with E-state index in [1.165, 1.54) is 6.42 Å². The Balaban J connectivity index is 1.54. The molecule has 1 atom stereocenters. The van der Waals surface area contributed by atoms with E-state index in [9.17, 15) is 9.59 Å². The lowest BCUT2D eigenvalue weighted by atomic mass is 9.81. The third kappa shape index (κ3) is 3.58. The lowest BCUT2D eigenvalue weighted by Gasteiger charge is -2.22. The molecule has 0 bridgehead atoms. The van der Waals surface area contributed by atoms with E-state index in [4.69, 9.17) is 9.47 Å². The first kappa shape index (κ1) is 18.8. The van der Waals surface area contributed by atoms with E-state index < -0.39 is 0 Å². The van der Waals surface area contributed by atoms with Crippen molar-refractivity contribution in [3.63, 3.8) is 0 Å². The number of carbonyl (C=O) groups excluding carboxylic acids is 2. The van der Waals surface area contributed by atoms with Crippen LogP contribution in [-0.2, 0) is 11.2 Å². The Hall–Kier alpha value is -2.56. The summed E-state index contributed by atoms with van der Waals surface area (Å²) >= 11 is 0. The molecule has 5 nitrogen and oxygen atoms in total. The second-order valence-electron chi connectivity index (χ2n) is 7.95. The fourth-order valence-electron chi connectivity index (χ4n) is 4.54. The van der Waals surface area contributed by atoms with Gasteiger partial charge in [0.25, 0.3) is 0 Å². The van der Waals surface area contributed by atoms with Gasteiger partial charge in [-0.15, -0.1) is 0 Å². The van der Waals surface area contributed by atoms with Crippen molar-refractivity contribution in [2.24, 2.45) is 0 Å². The predicted octanol–water partition coefficient (Wildman–Crippen LogP) is 4.73. The van der Waals surface area contributed by atoms with Gasteiger partial charge < -0.3 is 14.5 Å². The zero-order valence-electron chi connectivity index (χ0n) is 16.5. The van der Waals surface area contributed by atoms with Gasteiger partial charge in [0.1, 0.15) is 17.5 Å². The molecule has 0 aliphatic heterocycles.